The van der Waals surface area contributed by atoms with Crippen LogP contribution in [0.2, 0.25) is 0 Å². The molecular weight excluding hydrogens is 318 g/mol. The van der Waals surface area contributed by atoms with E-state index < -0.39 is 16.1 Å². The number of thiophene rings is 1. The Bertz CT molecular complexity index is 735. The summed E-state index contributed by atoms with van der Waals surface area (Å²) in [6.07, 6.45) is 1.01. The molecule has 1 heterocycles. The minimum Gasteiger partial charge on any atom is -0.389 e. The van der Waals surface area contributed by atoms with Crippen molar-refractivity contribution in [2.45, 2.75) is 39.7 Å². The van der Waals surface area contributed by atoms with E-state index in [0.29, 0.717) is 17.1 Å². The monoisotopic (exact) mass is 341 g/mol. The largest absolute Gasteiger partial charge is 0.389 e. The van der Waals surface area contributed by atoms with Crippen LogP contribution in [0.5, 0.6) is 0 Å². The van der Waals surface area contributed by atoms with E-state index in [-0.39, 0.29) is 5.75 Å². The summed E-state index contributed by atoms with van der Waals surface area (Å²) in [7, 11) is -3.36. The molecule has 0 bridgehead atoms. The SMILES string of the molecule is CCCCN(c1sc2ccccc2c1C(C)O)S(=O)(=O)CC. The van der Waals surface area contributed by atoms with Crippen LogP contribution in [0.1, 0.15) is 45.3 Å². The van der Waals surface area contributed by atoms with E-state index in [1.54, 1.807) is 13.8 Å². The molecule has 1 unspecified atom stereocenters. The van der Waals surface area contributed by atoms with Crippen LogP contribution >= 0.6 is 11.3 Å². The zero-order chi connectivity index (χ0) is 16.3. The molecule has 1 aromatic heterocycles. The number of aliphatic hydroxyl groups is 1. The Hall–Kier alpha value is -1.11. The van der Waals surface area contributed by atoms with Gasteiger partial charge in [0.2, 0.25) is 10.0 Å². The van der Waals surface area contributed by atoms with Crippen molar-refractivity contribution in [3.8, 4) is 0 Å². The molecule has 0 amide bonds. The minimum absolute atomic E-state index is 0.0597. The highest BCUT2D eigenvalue weighted by Gasteiger charge is 2.27. The fraction of sp³-hybridized carbons (Fsp3) is 0.500. The van der Waals surface area contributed by atoms with Crippen LogP contribution in [0.4, 0.5) is 5.00 Å². The minimum atomic E-state index is -3.36. The number of aliphatic hydroxyl groups excluding tert-OH is 1. The standard InChI is InChI=1S/C16H23NO3S2/c1-4-6-11-17(22(19,20)5-2)16-15(12(3)18)13-9-7-8-10-14(13)21-16/h7-10,12,18H,4-6,11H2,1-3H3. The maximum atomic E-state index is 12.5. The van der Waals surface area contributed by atoms with E-state index >= 15 is 0 Å². The van der Waals surface area contributed by atoms with E-state index in [4.69, 9.17) is 0 Å². The van der Waals surface area contributed by atoms with E-state index in [1.165, 1.54) is 15.6 Å². The molecule has 4 nitrogen and oxygen atoms in total. The number of benzene rings is 1. The van der Waals surface area contributed by atoms with Gasteiger partial charge in [-0.05, 0) is 26.3 Å². The lowest BCUT2D eigenvalue weighted by atomic mass is 10.1. The first-order valence-corrected chi connectivity index (χ1v) is 10.0. The van der Waals surface area contributed by atoms with Gasteiger partial charge in [0.25, 0.3) is 0 Å². The summed E-state index contributed by atoms with van der Waals surface area (Å²) >= 11 is 1.44. The van der Waals surface area contributed by atoms with Crippen LogP contribution in [-0.2, 0) is 10.0 Å². The molecule has 0 fully saturated rings. The van der Waals surface area contributed by atoms with Gasteiger partial charge in [0, 0.05) is 22.2 Å². The van der Waals surface area contributed by atoms with Crippen LogP contribution < -0.4 is 4.31 Å². The zero-order valence-corrected chi connectivity index (χ0v) is 14.9. The molecular formula is C16H23NO3S2. The van der Waals surface area contributed by atoms with Gasteiger partial charge in [0.15, 0.2) is 0 Å². The predicted octanol–water partition coefficient (Wildman–Crippen LogP) is 3.91. The maximum absolute atomic E-state index is 12.5. The fourth-order valence-corrected chi connectivity index (χ4v) is 5.21. The van der Waals surface area contributed by atoms with Crippen molar-refractivity contribution < 1.29 is 13.5 Å². The first-order valence-electron chi connectivity index (χ1n) is 7.62. The van der Waals surface area contributed by atoms with Crippen LogP contribution in [0, 0.1) is 0 Å². The summed E-state index contributed by atoms with van der Waals surface area (Å²) in [4.78, 5) is 0. The first-order chi connectivity index (χ1) is 10.4. The van der Waals surface area contributed by atoms with Crippen molar-refractivity contribution in [2.24, 2.45) is 0 Å². The van der Waals surface area contributed by atoms with Gasteiger partial charge in [-0.3, -0.25) is 4.31 Å². The lowest BCUT2D eigenvalue weighted by molar-refractivity contribution is 0.201. The van der Waals surface area contributed by atoms with E-state index in [9.17, 15) is 13.5 Å². The highest BCUT2D eigenvalue weighted by atomic mass is 32.2. The van der Waals surface area contributed by atoms with Crippen molar-refractivity contribution >= 4 is 36.4 Å². The number of nitrogens with zero attached hydrogens (tertiary/aromatic N) is 1. The van der Waals surface area contributed by atoms with Gasteiger partial charge in [-0.25, -0.2) is 8.42 Å². The van der Waals surface area contributed by atoms with E-state index in [1.807, 2.05) is 31.2 Å². The molecule has 122 valence electrons. The molecule has 1 N–H and O–H groups in total. The molecule has 0 aliphatic carbocycles. The molecule has 6 heteroatoms. The second-order valence-corrected chi connectivity index (χ2v) is 8.53. The van der Waals surface area contributed by atoms with Crippen LogP contribution in [-0.4, -0.2) is 25.8 Å². The number of anilines is 1. The molecule has 1 atom stereocenters. The summed E-state index contributed by atoms with van der Waals surface area (Å²) in [5.74, 6) is 0.0597. The Morgan fingerprint density at radius 1 is 1.27 bits per heavy atom. The number of unbranched alkanes of at least 4 members (excludes halogenated alkanes) is 1. The smallest absolute Gasteiger partial charge is 0.235 e. The Kier molecular flexibility index (Phi) is 5.47. The van der Waals surface area contributed by atoms with Gasteiger partial charge in [0.1, 0.15) is 5.00 Å². The highest BCUT2D eigenvalue weighted by Crippen LogP contribution is 2.42. The lowest BCUT2D eigenvalue weighted by Gasteiger charge is -2.24. The normalized spacial score (nSPS) is 13.5. The molecule has 0 saturated carbocycles. The Morgan fingerprint density at radius 3 is 2.55 bits per heavy atom. The molecule has 0 radical (unpaired) electrons. The maximum Gasteiger partial charge on any atom is 0.235 e. The second-order valence-electron chi connectivity index (χ2n) is 5.32. The molecule has 0 aliphatic rings. The quantitative estimate of drug-likeness (QED) is 0.830. The number of hydrogen-bond donors (Lipinski definition) is 1. The van der Waals surface area contributed by atoms with Crippen molar-refractivity contribution in [2.75, 3.05) is 16.6 Å². The lowest BCUT2D eigenvalue weighted by Crippen LogP contribution is -2.33. The summed E-state index contributed by atoms with van der Waals surface area (Å²) in [6.45, 7) is 5.84. The summed E-state index contributed by atoms with van der Waals surface area (Å²) in [5, 5.41) is 11.8. The highest BCUT2D eigenvalue weighted by molar-refractivity contribution is 7.93. The molecule has 2 rings (SSSR count). The van der Waals surface area contributed by atoms with Gasteiger partial charge in [0.05, 0.1) is 11.9 Å². The number of sulfonamides is 1. The summed E-state index contributed by atoms with van der Waals surface area (Å²) < 4.78 is 27.5. The number of hydrogen-bond acceptors (Lipinski definition) is 4. The van der Waals surface area contributed by atoms with Crippen molar-refractivity contribution in [1.82, 2.24) is 0 Å². The third-order valence-electron chi connectivity index (χ3n) is 3.67. The third-order valence-corrected chi connectivity index (χ3v) is 6.77. The summed E-state index contributed by atoms with van der Waals surface area (Å²) in [6, 6.07) is 7.74. The Balaban J connectivity index is 2.65. The van der Waals surface area contributed by atoms with Gasteiger partial charge in [-0.15, -0.1) is 11.3 Å². The van der Waals surface area contributed by atoms with Crippen molar-refractivity contribution in [1.29, 1.82) is 0 Å². The number of fused-ring (bicyclic) bond motifs is 1. The van der Waals surface area contributed by atoms with E-state index in [2.05, 4.69) is 0 Å². The average Bonchev–Trinajstić information content (AvgIpc) is 2.86. The molecule has 0 spiro atoms. The van der Waals surface area contributed by atoms with Crippen LogP contribution in [0.25, 0.3) is 10.1 Å². The molecule has 0 saturated heterocycles. The van der Waals surface area contributed by atoms with Gasteiger partial charge >= 0.3 is 0 Å². The molecule has 1 aromatic carbocycles. The second kappa shape index (κ2) is 6.98. The Labute approximate surface area is 136 Å². The first kappa shape index (κ1) is 17.2. The average molecular weight is 341 g/mol. The molecule has 22 heavy (non-hydrogen) atoms. The van der Waals surface area contributed by atoms with Crippen LogP contribution in [0.3, 0.4) is 0 Å². The Morgan fingerprint density at radius 2 is 1.95 bits per heavy atom. The molecule has 0 aliphatic heterocycles. The fourth-order valence-electron chi connectivity index (χ4n) is 2.47. The topological polar surface area (TPSA) is 57.6 Å². The zero-order valence-electron chi connectivity index (χ0n) is 13.2. The van der Waals surface area contributed by atoms with Gasteiger partial charge in [-0.2, -0.15) is 0 Å². The van der Waals surface area contributed by atoms with Crippen molar-refractivity contribution in [3.63, 3.8) is 0 Å². The van der Waals surface area contributed by atoms with E-state index in [0.717, 1.165) is 22.9 Å². The van der Waals surface area contributed by atoms with Crippen LogP contribution in [0.15, 0.2) is 24.3 Å². The third kappa shape index (κ3) is 3.29. The summed E-state index contributed by atoms with van der Waals surface area (Å²) in [5.41, 5.74) is 0.716. The predicted molar refractivity (Wildman–Crippen MR) is 94.2 cm³/mol. The van der Waals surface area contributed by atoms with Gasteiger partial charge in [-0.1, -0.05) is 31.5 Å². The van der Waals surface area contributed by atoms with Gasteiger partial charge < -0.3 is 5.11 Å². The molecule has 2 aromatic rings. The van der Waals surface area contributed by atoms with Crippen molar-refractivity contribution in [3.05, 3.63) is 29.8 Å². The number of rotatable bonds is 7.